The Kier molecular flexibility index (Phi) is 5.33. The van der Waals surface area contributed by atoms with Gasteiger partial charge in [-0.2, -0.15) is 10.1 Å². The van der Waals surface area contributed by atoms with Crippen molar-refractivity contribution in [2.45, 2.75) is 13.0 Å². The Balaban J connectivity index is 1.77. The van der Waals surface area contributed by atoms with Gasteiger partial charge in [-0.3, -0.25) is 4.79 Å². The second kappa shape index (κ2) is 8.08. The molecule has 8 nitrogen and oxygen atoms in total. The van der Waals surface area contributed by atoms with Gasteiger partial charge in [-0.05, 0) is 48.9 Å². The van der Waals surface area contributed by atoms with E-state index in [-0.39, 0.29) is 5.91 Å². The zero-order valence-electron chi connectivity index (χ0n) is 16.6. The number of nitrogens with one attached hydrogen (secondary N) is 2. The number of nitrogens with zero attached hydrogens (tertiary/aromatic N) is 3. The van der Waals surface area contributed by atoms with E-state index in [0.717, 1.165) is 5.56 Å². The molecular weight excluding hydrogens is 406 g/mol. The highest BCUT2D eigenvalue weighted by molar-refractivity contribution is 6.30. The average molecular weight is 426 g/mol. The van der Waals surface area contributed by atoms with Crippen LogP contribution in [0, 0.1) is 0 Å². The minimum atomic E-state index is -0.504. The number of carbonyl (C=O) groups excluding carboxylic acids is 1. The van der Waals surface area contributed by atoms with E-state index in [1.165, 1.54) is 6.33 Å². The second-order valence-electron chi connectivity index (χ2n) is 6.67. The lowest BCUT2D eigenvalue weighted by Gasteiger charge is -2.29. The molecule has 1 aromatic heterocycles. The third kappa shape index (κ3) is 3.57. The van der Waals surface area contributed by atoms with Crippen molar-refractivity contribution >= 4 is 29.1 Å². The molecule has 1 amide bonds. The number of hydrogen-bond donors (Lipinski definition) is 2. The van der Waals surface area contributed by atoms with Crippen LogP contribution in [-0.2, 0) is 4.79 Å². The van der Waals surface area contributed by atoms with E-state index in [9.17, 15) is 4.79 Å². The van der Waals surface area contributed by atoms with Crippen molar-refractivity contribution in [2.75, 3.05) is 24.9 Å². The van der Waals surface area contributed by atoms with Crippen LogP contribution in [0.5, 0.6) is 11.5 Å². The number of amides is 1. The number of rotatable bonds is 5. The highest BCUT2D eigenvalue weighted by atomic mass is 35.5. The van der Waals surface area contributed by atoms with E-state index >= 15 is 0 Å². The Morgan fingerprint density at radius 3 is 2.57 bits per heavy atom. The number of ether oxygens (including phenoxy) is 2. The number of halogens is 1. The standard InChI is InChI=1S/C21H20ClN5O3/c1-12-18(20(28)26-15-7-5-14(22)6-8-15)19(27-21(25-12)23-11-24-27)13-4-9-16(29-2)17(10-13)30-3/h4-11,19H,1-3H3,(H,26,28)(H,23,24,25)/t19-/m1/s1. The topological polar surface area (TPSA) is 90.3 Å². The number of carbonyl (C=O) groups is 1. The SMILES string of the molecule is COc1ccc([C@@H]2C(C(=O)Nc3ccc(Cl)cc3)=C(C)Nc3ncnn32)cc1OC. The number of methoxy groups -OCH3 is 2. The molecule has 1 atom stereocenters. The molecule has 0 fully saturated rings. The Labute approximate surface area is 178 Å². The molecule has 2 heterocycles. The van der Waals surface area contributed by atoms with E-state index < -0.39 is 6.04 Å². The van der Waals surface area contributed by atoms with Gasteiger partial charge in [-0.15, -0.1) is 0 Å². The van der Waals surface area contributed by atoms with E-state index in [1.54, 1.807) is 49.2 Å². The maximum absolute atomic E-state index is 13.3. The maximum atomic E-state index is 13.3. The predicted molar refractivity (Wildman–Crippen MR) is 114 cm³/mol. The van der Waals surface area contributed by atoms with Crippen molar-refractivity contribution in [3.63, 3.8) is 0 Å². The third-order valence-electron chi connectivity index (χ3n) is 4.86. The Morgan fingerprint density at radius 2 is 1.87 bits per heavy atom. The molecule has 0 bridgehead atoms. The molecule has 2 aromatic carbocycles. The van der Waals surface area contributed by atoms with Gasteiger partial charge in [-0.1, -0.05) is 17.7 Å². The summed E-state index contributed by atoms with van der Waals surface area (Å²) < 4.78 is 12.5. The zero-order chi connectivity index (χ0) is 21.3. The molecule has 0 unspecified atom stereocenters. The molecule has 1 aliphatic heterocycles. The van der Waals surface area contributed by atoms with E-state index in [1.807, 2.05) is 19.1 Å². The van der Waals surface area contributed by atoms with Gasteiger partial charge < -0.3 is 20.1 Å². The molecule has 30 heavy (non-hydrogen) atoms. The van der Waals surface area contributed by atoms with Crippen molar-refractivity contribution in [2.24, 2.45) is 0 Å². The lowest BCUT2D eigenvalue weighted by molar-refractivity contribution is -0.113. The highest BCUT2D eigenvalue weighted by Crippen LogP contribution is 2.38. The highest BCUT2D eigenvalue weighted by Gasteiger charge is 2.34. The minimum absolute atomic E-state index is 0.261. The molecule has 3 aromatic rings. The van der Waals surface area contributed by atoms with Crippen LogP contribution in [0.2, 0.25) is 5.02 Å². The molecule has 154 valence electrons. The molecule has 9 heteroatoms. The average Bonchev–Trinajstić information content (AvgIpc) is 3.21. The fourth-order valence-corrected chi connectivity index (χ4v) is 3.57. The quantitative estimate of drug-likeness (QED) is 0.644. The summed E-state index contributed by atoms with van der Waals surface area (Å²) in [6, 6.07) is 12.0. The molecule has 4 rings (SSSR count). The largest absolute Gasteiger partial charge is 0.493 e. The summed E-state index contributed by atoms with van der Waals surface area (Å²) in [6.07, 6.45) is 1.45. The molecule has 0 radical (unpaired) electrons. The van der Waals surface area contributed by atoms with Gasteiger partial charge >= 0.3 is 0 Å². The van der Waals surface area contributed by atoms with Crippen molar-refractivity contribution in [3.05, 3.63) is 70.6 Å². The van der Waals surface area contributed by atoms with Crippen LogP contribution >= 0.6 is 11.6 Å². The van der Waals surface area contributed by atoms with Gasteiger partial charge in [0.05, 0.1) is 19.8 Å². The predicted octanol–water partition coefficient (Wildman–Crippen LogP) is 3.88. The summed E-state index contributed by atoms with van der Waals surface area (Å²) in [6.45, 7) is 1.84. The van der Waals surface area contributed by atoms with Gasteiger partial charge in [0.25, 0.3) is 5.91 Å². The van der Waals surface area contributed by atoms with Gasteiger partial charge in [0.1, 0.15) is 12.4 Å². The summed E-state index contributed by atoms with van der Waals surface area (Å²) in [7, 11) is 3.15. The zero-order valence-corrected chi connectivity index (χ0v) is 17.4. The van der Waals surface area contributed by atoms with Crippen molar-refractivity contribution in [3.8, 4) is 11.5 Å². The first-order valence-corrected chi connectivity index (χ1v) is 9.55. The normalized spacial score (nSPS) is 15.3. The smallest absolute Gasteiger partial charge is 0.255 e. The Bertz CT molecular complexity index is 1120. The van der Waals surface area contributed by atoms with Crippen LogP contribution in [0.4, 0.5) is 11.6 Å². The van der Waals surface area contributed by atoms with Gasteiger partial charge in [0.15, 0.2) is 11.5 Å². The van der Waals surface area contributed by atoms with E-state index in [4.69, 9.17) is 21.1 Å². The molecule has 0 aliphatic carbocycles. The molecule has 0 saturated heterocycles. The van der Waals surface area contributed by atoms with E-state index in [2.05, 4.69) is 20.7 Å². The summed E-state index contributed by atoms with van der Waals surface area (Å²) in [5, 5.41) is 11.0. The molecule has 2 N–H and O–H groups in total. The van der Waals surface area contributed by atoms with Crippen LogP contribution in [0.1, 0.15) is 18.5 Å². The Morgan fingerprint density at radius 1 is 1.13 bits per heavy atom. The molecule has 0 spiro atoms. The number of hydrogen-bond acceptors (Lipinski definition) is 6. The summed E-state index contributed by atoms with van der Waals surface area (Å²) >= 11 is 5.95. The monoisotopic (exact) mass is 425 g/mol. The van der Waals surface area contributed by atoms with Crippen LogP contribution in [0.3, 0.4) is 0 Å². The van der Waals surface area contributed by atoms with Gasteiger partial charge in [-0.25, -0.2) is 4.68 Å². The number of benzene rings is 2. The fourth-order valence-electron chi connectivity index (χ4n) is 3.45. The molecule has 0 saturated carbocycles. The van der Waals surface area contributed by atoms with Crippen molar-refractivity contribution in [1.82, 2.24) is 14.8 Å². The Hall–Kier alpha value is -3.52. The van der Waals surface area contributed by atoms with Crippen molar-refractivity contribution in [1.29, 1.82) is 0 Å². The lowest BCUT2D eigenvalue weighted by Crippen LogP contribution is -2.31. The second-order valence-corrected chi connectivity index (χ2v) is 7.11. The summed E-state index contributed by atoms with van der Waals surface area (Å²) in [5.74, 6) is 1.45. The number of anilines is 2. The number of allylic oxidation sites excluding steroid dienone is 1. The van der Waals surface area contributed by atoms with Crippen LogP contribution in [0.25, 0.3) is 0 Å². The lowest BCUT2D eigenvalue weighted by atomic mass is 9.94. The van der Waals surface area contributed by atoms with Crippen LogP contribution < -0.4 is 20.1 Å². The first kappa shape index (κ1) is 19.8. The fraction of sp³-hybridized carbons (Fsp3) is 0.190. The van der Waals surface area contributed by atoms with Crippen LogP contribution in [-0.4, -0.2) is 34.9 Å². The van der Waals surface area contributed by atoms with Gasteiger partial charge in [0.2, 0.25) is 5.95 Å². The first-order valence-electron chi connectivity index (χ1n) is 9.18. The van der Waals surface area contributed by atoms with E-state index in [0.29, 0.717) is 39.4 Å². The third-order valence-corrected chi connectivity index (χ3v) is 5.12. The van der Waals surface area contributed by atoms with Crippen molar-refractivity contribution < 1.29 is 14.3 Å². The molecule has 1 aliphatic rings. The maximum Gasteiger partial charge on any atom is 0.255 e. The molecular formula is C21H20ClN5O3. The minimum Gasteiger partial charge on any atom is -0.493 e. The van der Waals surface area contributed by atoms with Crippen LogP contribution in [0.15, 0.2) is 60.1 Å². The van der Waals surface area contributed by atoms with Gasteiger partial charge in [0, 0.05) is 16.4 Å². The summed E-state index contributed by atoms with van der Waals surface area (Å²) in [4.78, 5) is 17.5. The number of aromatic nitrogens is 3. The summed E-state index contributed by atoms with van der Waals surface area (Å²) in [5.41, 5.74) is 2.64. The number of fused-ring (bicyclic) bond motifs is 1. The first-order chi connectivity index (χ1) is 14.5.